The van der Waals surface area contributed by atoms with E-state index >= 15 is 0 Å². The first kappa shape index (κ1) is 28.7. The minimum absolute atomic E-state index is 0.0686. The second-order valence-electron chi connectivity index (χ2n) is 10.4. The minimum Gasteiger partial charge on any atom is -0.338 e. The zero-order chi connectivity index (χ0) is 29.1. The summed E-state index contributed by atoms with van der Waals surface area (Å²) in [5, 5.41) is 0.670. The quantitative estimate of drug-likeness (QED) is 0.289. The van der Waals surface area contributed by atoms with Gasteiger partial charge in [0.15, 0.2) is 5.82 Å². The second kappa shape index (κ2) is 12.4. The van der Waals surface area contributed by atoms with Crippen molar-refractivity contribution in [2.45, 2.75) is 38.8 Å². The van der Waals surface area contributed by atoms with Gasteiger partial charge in [0.25, 0.3) is 11.5 Å². The number of pyridine rings is 1. The lowest BCUT2D eigenvalue weighted by Gasteiger charge is -2.38. The molecular formula is C31H32ClF2N5O2. The molecule has 0 radical (unpaired) electrons. The summed E-state index contributed by atoms with van der Waals surface area (Å²) in [7, 11) is 1.85. The van der Waals surface area contributed by atoms with Crippen LogP contribution in [0.15, 0.2) is 71.7 Å². The van der Waals surface area contributed by atoms with Gasteiger partial charge in [0.1, 0.15) is 17.2 Å². The third kappa shape index (κ3) is 6.11. The molecule has 10 heteroatoms. The van der Waals surface area contributed by atoms with Gasteiger partial charge in [-0.1, -0.05) is 35.9 Å². The lowest BCUT2D eigenvalue weighted by Crippen LogP contribution is -2.47. The third-order valence-electron chi connectivity index (χ3n) is 7.95. The van der Waals surface area contributed by atoms with Crippen LogP contribution in [0, 0.1) is 18.6 Å². The van der Waals surface area contributed by atoms with Crippen molar-refractivity contribution in [3.05, 3.63) is 116 Å². The summed E-state index contributed by atoms with van der Waals surface area (Å²) < 4.78 is 32.0. The summed E-state index contributed by atoms with van der Waals surface area (Å²) in [4.78, 5) is 34.8. The average molecular weight is 580 g/mol. The van der Waals surface area contributed by atoms with Gasteiger partial charge in [-0.15, -0.1) is 0 Å². The molecule has 0 bridgehead atoms. The number of halogens is 3. The number of likely N-dealkylation sites (tertiary alicyclic amines) is 1. The Hall–Kier alpha value is -3.82. The lowest BCUT2D eigenvalue weighted by atomic mass is 10.00. The van der Waals surface area contributed by atoms with E-state index in [9.17, 15) is 18.4 Å². The maximum Gasteiger partial charge on any atom is 0.277 e. The van der Waals surface area contributed by atoms with Crippen LogP contribution < -0.4 is 5.56 Å². The standard InChI is InChI=1S/C31H32ClF2N5O2/c1-21-25(30(40)39(36(21)2)28-8-3-4-16-35-28)20-38(17-13-22-9-11-23(32)12-10-22)24-14-18-37(19-15-24)31(41)29-26(33)6-5-7-27(29)34/h3-12,16,24H,13-15,17-20H2,1-2H3. The molecule has 2 aromatic heterocycles. The molecule has 1 fully saturated rings. The molecule has 5 rings (SSSR count). The number of aromatic nitrogens is 3. The average Bonchev–Trinajstić information content (AvgIpc) is 3.19. The van der Waals surface area contributed by atoms with Crippen LogP contribution in [0.1, 0.15) is 40.0 Å². The predicted molar refractivity (Wildman–Crippen MR) is 154 cm³/mol. The first-order valence-corrected chi connectivity index (χ1v) is 14.0. The van der Waals surface area contributed by atoms with E-state index in [2.05, 4.69) is 9.88 Å². The molecular weight excluding hydrogens is 548 g/mol. The largest absolute Gasteiger partial charge is 0.338 e. The molecule has 0 aliphatic carbocycles. The topological polar surface area (TPSA) is 63.4 Å². The zero-order valence-electron chi connectivity index (χ0n) is 23.1. The van der Waals surface area contributed by atoms with Crippen molar-refractivity contribution in [1.82, 2.24) is 24.1 Å². The Bertz CT molecular complexity index is 1560. The Kier molecular flexibility index (Phi) is 8.65. The summed E-state index contributed by atoms with van der Waals surface area (Å²) in [6, 6.07) is 16.7. The molecule has 0 saturated carbocycles. The number of benzene rings is 2. The van der Waals surface area contributed by atoms with Crippen LogP contribution >= 0.6 is 11.6 Å². The number of piperidine rings is 1. The van der Waals surface area contributed by atoms with Gasteiger partial charge in [-0.05, 0) is 68.1 Å². The number of carbonyl (C=O) groups excluding carboxylic acids is 1. The normalized spacial score (nSPS) is 14.1. The SMILES string of the molecule is Cc1c(CN(CCc2ccc(Cl)cc2)C2CCN(C(=O)c3c(F)cccc3F)CC2)c(=O)n(-c2ccccn2)n1C. The number of carbonyl (C=O) groups is 1. The summed E-state index contributed by atoms with van der Waals surface area (Å²) in [6.45, 7) is 3.76. The Morgan fingerprint density at radius 3 is 2.34 bits per heavy atom. The van der Waals surface area contributed by atoms with Gasteiger partial charge in [-0.2, -0.15) is 4.68 Å². The highest BCUT2D eigenvalue weighted by atomic mass is 35.5. The molecule has 0 atom stereocenters. The summed E-state index contributed by atoms with van der Waals surface area (Å²) in [5.41, 5.74) is 2.02. The van der Waals surface area contributed by atoms with E-state index < -0.39 is 23.1 Å². The van der Waals surface area contributed by atoms with Crippen molar-refractivity contribution in [3.63, 3.8) is 0 Å². The van der Waals surface area contributed by atoms with Crippen LogP contribution in [0.25, 0.3) is 5.82 Å². The highest BCUT2D eigenvalue weighted by Crippen LogP contribution is 2.24. The zero-order valence-corrected chi connectivity index (χ0v) is 23.8. The molecule has 7 nitrogen and oxygen atoms in total. The number of amides is 1. The van der Waals surface area contributed by atoms with Crippen LogP contribution in [0.3, 0.4) is 0 Å². The predicted octanol–water partition coefficient (Wildman–Crippen LogP) is 5.16. The van der Waals surface area contributed by atoms with E-state index in [1.54, 1.807) is 23.0 Å². The van der Waals surface area contributed by atoms with Crippen LogP contribution in [0.2, 0.25) is 5.02 Å². The maximum absolute atomic E-state index is 14.3. The van der Waals surface area contributed by atoms with E-state index in [0.717, 1.165) is 29.8 Å². The van der Waals surface area contributed by atoms with Gasteiger partial charge in [0.05, 0.1) is 5.56 Å². The van der Waals surface area contributed by atoms with Crippen molar-refractivity contribution >= 4 is 17.5 Å². The van der Waals surface area contributed by atoms with E-state index in [-0.39, 0.29) is 11.6 Å². The molecule has 0 spiro atoms. The molecule has 0 unspecified atom stereocenters. The molecule has 41 heavy (non-hydrogen) atoms. The van der Waals surface area contributed by atoms with Crippen molar-refractivity contribution in [2.75, 3.05) is 19.6 Å². The molecule has 214 valence electrons. The maximum atomic E-state index is 14.3. The summed E-state index contributed by atoms with van der Waals surface area (Å²) in [6.07, 6.45) is 3.63. The molecule has 0 N–H and O–H groups in total. The van der Waals surface area contributed by atoms with Crippen LogP contribution in [0.5, 0.6) is 0 Å². The fraction of sp³-hybridized carbons (Fsp3) is 0.323. The van der Waals surface area contributed by atoms with E-state index in [1.807, 2.05) is 49.0 Å². The van der Waals surface area contributed by atoms with Gasteiger partial charge >= 0.3 is 0 Å². The van der Waals surface area contributed by atoms with E-state index in [0.29, 0.717) is 55.4 Å². The van der Waals surface area contributed by atoms with E-state index in [1.165, 1.54) is 11.0 Å². The molecule has 1 saturated heterocycles. The molecule has 1 amide bonds. The molecule has 1 aliphatic heterocycles. The first-order chi connectivity index (χ1) is 19.7. The number of hydrogen-bond acceptors (Lipinski definition) is 4. The third-order valence-corrected chi connectivity index (χ3v) is 8.20. The van der Waals surface area contributed by atoms with Crippen molar-refractivity contribution in [1.29, 1.82) is 0 Å². The van der Waals surface area contributed by atoms with Gasteiger partial charge in [-0.25, -0.2) is 13.8 Å². The van der Waals surface area contributed by atoms with Gasteiger partial charge in [-0.3, -0.25) is 19.2 Å². The van der Waals surface area contributed by atoms with Gasteiger partial charge in [0, 0.05) is 56.2 Å². The Labute approximate surface area is 242 Å². The van der Waals surface area contributed by atoms with Crippen LogP contribution in [-0.2, 0) is 20.0 Å². The Morgan fingerprint density at radius 2 is 1.71 bits per heavy atom. The number of nitrogens with zero attached hydrogens (tertiary/aromatic N) is 5. The van der Waals surface area contributed by atoms with Gasteiger partial charge < -0.3 is 4.90 Å². The fourth-order valence-corrected chi connectivity index (χ4v) is 5.62. The summed E-state index contributed by atoms with van der Waals surface area (Å²) >= 11 is 6.07. The number of rotatable bonds is 8. The Balaban J connectivity index is 1.37. The van der Waals surface area contributed by atoms with Crippen LogP contribution in [0.4, 0.5) is 8.78 Å². The van der Waals surface area contributed by atoms with Crippen molar-refractivity contribution in [2.24, 2.45) is 7.05 Å². The molecule has 4 aromatic rings. The summed E-state index contributed by atoms with van der Waals surface area (Å²) in [5.74, 6) is -1.80. The molecule has 3 heterocycles. The van der Waals surface area contributed by atoms with Gasteiger partial charge in [0.2, 0.25) is 0 Å². The second-order valence-corrected chi connectivity index (χ2v) is 10.8. The van der Waals surface area contributed by atoms with Crippen molar-refractivity contribution in [3.8, 4) is 5.82 Å². The highest BCUT2D eigenvalue weighted by Gasteiger charge is 2.31. The molecule has 2 aromatic carbocycles. The Morgan fingerprint density at radius 1 is 1.02 bits per heavy atom. The smallest absolute Gasteiger partial charge is 0.277 e. The monoisotopic (exact) mass is 579 g/mol. The minimum atomic E-state index is -0.856. The molecule has 1 aliphatic rings. The fourth-order valence-electron chi connectivity index (χ4n) is 5.49. The number of hydrogen-bond donors (Lipinski definition) is 0. The van der Waals surface area contributed by atoms with Crippen molar-refractivity contribution < 1.29 is 13.6 Å². The highest BCUT2D eigenvalue weighted by molar-refractivity contribution is 6.30. The lowest BCUT2D eigenvalue weighted by molar-refractivity contribution is 0.0599. The first-order valence-electron chi connectivity index (χ1n) is 13.6. The van der Waals surface area contributed by atoms with E-state index in [4.69, 9.17) is 11.6 Å². The van der Waals surface area contributed by atoms with Crippen LogP contribution in [-0.4, -0.2) is 55.7 Å².